The Bertz CT molecular complexity index is 744. The van der Waals surface area contributed by atoms with Gasteiger partial charge in [0, 0.05) is 28.5 Å². The van der Waals surface area contributed by atoms with Crippen LogP contribution < -0.4 is 0 Å². The number of halogens is 2. The van der Waals surface area contributed by atoms with E-state index in [1.165, 1.54) is 11.6 Å². The first-order valence-electron chi connectivity index (χ1n) is 7.04. The van der Waals surface area contributed by atoms with Crippen molar-refractivity contribution in [2.45, 2.75) is 12.5 Å². The molecular formula is C18H15BrClNO. The minimum absolute atomic E-state index is 0.0503. The molecule has 0 saturated heterocycles. The van der Waals surface area contributed by atoms with E-state index in [0.29, 0.717) is 13.1 Å². The molecule has 0 bridgehead atoms. The summed E-state index contributed by atoms with van der Waals surface area (Å²) in [5.74, 6) is 0.0180. The summed E-state index contributed by atoms with van der Waals surface area (Å²) in [6, 6.07) is 14.0. The molecule has 0 saturated carbocycles. The standard InChI is InChI=1S/C18H15BrClNO/c1-2-18(22)21-10-12-7-8-13(19)9-15(12)16(11-21)14-5-3-4-6-17(14)20/h2-9,16H,1,10-11H2/t16-/m1/s1. The van der Waals surface area contributed by atoms with Gasteiger partial charge in [0.2, 0.25) is 5.91 Å². The quantitative estimate of drug-likeness (QED) is 0.692. The Morgan fingerprint density at radius 2 is 2.05 bits per heavy atom. The van der Waals surface area contributed by atoms with Crippen molar-refractivity contribution in [1.82, 2.24) is 4.90 Å². The van der Waals surface area contributed by atoms with Gasteiger partial charge >= 0.3 is 0 Å². The monoisotopic (exact) mass is 375 g/mol. The topological polar surface area (TPSA) is 20.3 Å². The minimum Gasteiger partial charge on any atom is -0.334 e. The SMILES string of the molecule is C=CC(=O)N1Cc2ccc(Br)cc2[C@@H](c2ccccc2Cl)C1. The number of rotatable bonds is 2. The molecule has 4 heteroatoms. The summed E-state index contributed by atoms with van der Waals surface area (Å²) >= 11 is 9.93. The molecule has 1 aliphatic rings. The van der Waals surface area contributed by atoms with E-state index in [1.807, 2.05) is 35.2 Å². The number of amides is 1. The van der Waals surface area contributed by atoms with Crippen molar-refractivity contribution in [2.24, 2.45) is 0 Å². The third-order valence-electron chi connectivity index (χ3n) is 4.01. The Balaban J connectivity index is 2.11. The van der Waals surface area contributed by atoms with E-state index in [4.69, 9.17) is 11.6 Å². The third-order valence-corrected chi connectivity index (χ3v) is 4.85. The van der Waals surface area contributed by atoms with Gasteiger partial charge in [-0.2, -0.15) is 0 Å². The van der Waals surface area contributed by atoms with Crippen LogP contribution in [0, 0.1) is 0 Å². The number of carbonyl (C=O) groups is 1. The van der Waals surface area contributed by atoms with Crippen molar-refractivity contribution < 1.29 is 4.79 Å². The van der Waals surface area contributed by atoms with E-state index in [-0.39, 0.29) is 11.8 Å². The Morgan fingerprint density at radius 1 is 1.27 bits per heavy atom. The first-order valence-corrected chi connectivity index (χ1v) is 8.21. The molecule has 1 heterocycles. The lowest BCUT2D eigenvalue weighted by Gasteiger charge is -2.35. The molecule has 0 N–H and O–H groups in total. The highest BCUT2D eigenvalue weighted by Gasteiger charge is 2.29. The molecule has 0 aromatic heterocycles. The van der Waals surface area contributed by atoms with Crippen LogP contribution in [0.5, 0.6) is 0 Å². The first kappa shape index (κ1) is 15.3. The fourth-order valence-corrected chi connectivity index (χ4v) is 3.59. The molecule has 0 aliphatic carbocycles. The van der Waals surface area contributed by atoms with Crippen LogP contribution in [0.2, 0.25) is 5.02 Å². The molecule has 112 valence electrons. The lowest BCUT2D eigenvalue weighted by atomic mass is 9.84. The molecule has 2 aromatic carbocycles. The van der Waals surface area contributed by atoms with Crippen LogP contribution in [-0.4, -0.2) is 17.4 Å². The van der Waals surface area contributed by atoms with Crippen molar-refractivity contribution in [1.29, 1.82) is 0 Å². The third kappa shape index (κ3) is 2.83. The first-order chi connectivity index (χ1) is 10.6. The molecule has 22 heavy (non-hydrogen) atoms. The highest BCUT2D eigenvalue weighted by molar-refractivity contribution is 9.10. The van der Waals surface area contributed by atoms with Gasteiger partial charge in [0.05, 0.1) is 0 Å². The Kier molecular flexibility index (Phi) is 4.37. The zero-order chi connectivity index (χ0) is 15.7. The highest BCUT2D eigenvalue weighted by atomic mass is 79.9. The van der Waals surface area contributed by atoms with Gasteiger partial charge in [-0.1, -0.05) is 58.4 Å². The maximum absolute atomic E-state index is 12.1. The van der Waals surface area contributed by atoms with E-state index in [0.717, 1.165) is 20.6 Å². The van der Waals surface area contributed by atoms with Crippen molar-refractivity contribution in [3.63, 3.8) is 0 Å². The van der Waals surface area contributed by atoms with Gasteiger partial charge in [-0.25, -0.2) is 0 Å². The lowest BCUT2D eigenvalue weighted by molar-refractivity contribution is -0.127. The molecule has 0 spiro atoms. The highest BCUT2D eigenvalue weighted by Crippen LogP contribution is 2.37. The van der Waals surface area contributed by atoms with Gasteiger partial charge in [-0.3, -0.25) is 4.79 Å². The largest absolute Gasteiger partial charge is 0.334 e. The van der Waals surface area contributed by atoms with Crippen LogP contribution in [0.1, 0.15) is 22.6 Å². The smallest absolute Gasteiger partial charge is 0.246 e. The summed E-state index contributed by atoms with van der Waals surface area (Å²) in [4.78, 5) is 13.9. The summed E-state index contributed by atoms with van der Waals surface area (Å²) in [6.07, 6.45) is 1.37. The molecular weight excluding hydrogens is 362 g/mol. The molecule has 0 fully saturated rings. The Morgan fingerprint density at radius 3 is 2.77 bits per heavy atom. The van der Waals surface area contributed by atoms with E-state index in [9.17, 15) is 4.79 Å². The minimum atomic E-state index is -0.0503. The Hall–Kier alpha value is -1.58. The van der Waals surface area contributed by atoms with E-state index in [1.54, 1.807) is 0 Å². The summed E-state index contributed by atoms with van der Waals surface area (Å²) in [5, 5.41) is 0.728. The van der Waals surface area contributed by atoms with Crippen molar-refractivity contribution in [3.8, 4) is 0 Å². The molecule has 2 nitrogen and oxygen atoms in total. The normalized spacial score (nSPS) is 17.0. The molecule has 1 amide bonds. The number of benzene rings is 2. The summed E-state index contributed by atoms with van der Waals surface area (Å²) in [6.45, 7) is 4.81. The van der Waals surface area contributed by atoms with Crippen LogP contribution in [-0.2, 0) is 11.3 Å². The van der Waals surface area contributed by atoms with E-state index in [2.05, 4.69) is 34.6 Å². The van der Waals surface area contributed by atoms with Gasteiger partial charge < -0.3 is 4.90 Å². The van der Waals surface area contributed by atoms with E-state index >= 15 is 0 Å². The predicted octanol–water partition coefficient (Wildman–Crippen LogP) is 4.76. The van der Waals surface area contributed by atoms with Crippen LogP contribution in [0.4, 0.5) is 0 Å². The van der Waals surface area contributed by atoms with Crippen molar-refractivity contribution in [3.05, 3.63) is 81.3 Å². The second-order valence-electron chi connectivity index (χ2n) is 5.34. The lowest BCUT2D eigenvalue weighted by Crippen LogP contribution is -2.37. The number of nitrogens with zero attached hydrogens (tertiary/aromatic N) is 1. The number of carbonyl (C=O) groups excluding carboxylic acids is 1. The second-order valence-corrected chi connectivity index (χ2v) is 6.66. The fraction of sp³-hybridized carbons (Fsp3) is 0.167. The maximum Gasteiger partial charge on any atom is 0.246 e. The van der Waals surface area contributed by atoms with Crippen molar-refractivity contribution >= 4 is 33.4 Å². The average molecular weight is 377 g/mol. The van der Waals surface area contributed by atoms with Gasteiger partial charge in [0.15, 0.2) is 0 Å². The van der Waals surface area contributed by atoms with Crippen molar-refractivity contribution in [2.75, 3.05) is 6.54 Å². The van der Waals surface area contributed by atoms with Gasteiger partial charge in [-0.15, -0.1) is 0 Å². The average Bonchev–Trinajstić information content (AvgIpc) is 2.54. The molecule has 3 rings (SSSR count). The molecule has 0 unspecified atom stereocenters. The predicted molar refractivity (Wildman–Crippen MR) is 93.1 cm³/mol. The number of hydrogen-bond donors (Lipinski definition) is 0. The summed E-state index contributed by atoms with van der Waals surface area (Å²) < 4.78 is 1.03. The van der Waals surface area contributed by atoms with Crippen LogP contribution >= 0.6 is 27.5 Å². The zero-order valence-electron chi connectivity index (χ0n) is 11.9. The summed E-state index contributed by atoms with van der Waals surface area (Å²) in [5.41, 5.74) is 3.41. The van der Waals surface area contributed by atoms with Gasteiger partial charge in [0.1, 0.15) is 0 Å². The molecule has 2 aromatic rings. The van der Waals surface area contributed by atoms with Gasteiger partial charge in [0.25, 0.3) is 0 Å². The van der Waals surface area contributed by atoms with E-state index < -0.39 is 0 Å². The van der Waals surface area contributed by atoms with Crippen LogP contribution in [0.25, 0.3) is 0 Å². The second kappa shape index (κ2) is 6.27. The zero-order valence-corrected chi connectivity index (χ0v) is 14.3. The van der Waals surface area contributed by atoms with Crippen LogP contribution in [0.15, 0.2) is 59.6 Å². The van der Waals surface area contributed by atoms with Crippen LogP contribution in [0.3, 0.4) is 0 Å². The number of hydrogen-bond acceptors (Lipinski definition) is 1. The molecule has 0 radical (unpaired) electrons. The maximum atomic E-state index is 12.1. The molecule has 1 atom stereocenters. The summed E-state index contributed by atoms with van der Waals surface area (Å²) in [7, 11) is 0. The number of fused-ring (bicyclic) bond motifs is 1. The fourth-order valence-electron chi connectivity index (χ4n) is 2.94. The Labute approximate surface area is 143 Å². The molecule has 1 aliphatic heterocycles. The van der Waals surface area contributed by atoms with Gasteiger partial charge in [-0.05, 0) is 41.0 Å².